The fourth-order valence-corrected chi connectivity index (χ4v) is 1.00. The Kier molecular flexibility index (Phi) is 2.40. The van der Waals surface area contributed by atoms with Crippen molar-refractivity contribution in [2.75, 3.05) is 0 Å². The van der Waals surface area contributed by atoms with Gasteiger partial charge in [0, 0.05) is 5.41 Å². The maximum Gasteiger partial charge on any atom is 0.254 e. The summed E-state index contributed by atoms with van der Waals surface area (Å²) in [6, 6.07) is 0. The minimum atomic E-state index is -0.544. The van der Waals surface area contributed by atoms with E-state index in [-0.39, 0.29) is 11.0 Å². The highest BCUT2D eigenvalue weighted by molar-refractivity contribution is 5.93. The second kappa shape index (κ2) is 3.20. The SMILES string of the molecule is CCC(C)(C)c1no[c]c1C(N)=O. The molecule has 1 aromatic rings. The van der Waals surface area contributed by atoms with Gasteiger partial charge in [-0.2, -0.15) is 0 Å². The molecule has 0 aliphatic heterocycles. The lowest BCUT2D eigenvalue weighted by Gasteiger charge is -2.19. The molecule has 0 fully saturated rings. The van der Waals surface area contributed by atoms with Crippen LogP contribution < -0.4 is 5.73 Å². The van der Waals surface area contributed by atoms with Crippen molar-refractivity contribution < 1.29 is 9.32 Å². The van der Waals surface area contributed by atoms with Crippen molar-refractivity contribution in [1.29, 1.82) is 0 Å². The van der Waals surface area contributed by atoms with Crippen molar-refractivity contribution in [2.24, 2.45) is 5.73 Å². The molecule has 0 bridgehead atoms. The Bertz CT molecular complexity index is 315. The number of amides is 1. The molecule has 0 unspecified atom stereocenters. The molecule has 0 saturated carbocycles. The molecule has 0 atom stereocenters. The first-order valence-electron chi connectivity index (χ1n) is 4.16. The summed E-state index contributed by atoms with van der Waals surface area (Å²) in [6.07, 6.45) is 3.24. The van der Waals surface area contributed by atoms with Crippen LogP contribution in [0.4, 0.5) is 0 Å². The van der Waals surface area contributed by atoms with Gasteiger partial charge in [-0.15, -0.1) is 0 Å². The predicted octanol–water partition coefficient (Wildman–Crippen LogP) is 1.26. The average Bonchev–Trinajstić information content (AvgIpc) is 2.52. The Labute approximate surface area is 77.1 Å². The molecule has 2 N–H and O–H groups in total. The molecular weight excluding hydrogens is 168 g/mol. The van der Waals surface area contributed by atoms with Gasteiger partial charge in [0.25, 0.3) is 5.91 Å². The topological polar surface area (TPSA) is 69.1 Å². The zero-order valence-electron chi connectivity index (χ0n) is 8.05. The summed E-state index contributed by atoms with van der Waals surface area (Å²) in [4.78, 5) is 10.9. The number of carbonyl (C=O) groups is 1. The molecule has 1 rings (SSSR count). The van der Waals surface area contributed by atoms with Crippen molar-refractivity contribution in [3.8, 4) is 0 Å². The maximum absolute atomic E-state index is 10.9. The van der Waals surface area contributed by atoms with Crippen LogP contribution in [0.5, 0.6) is 0 Å². The van der Waals surface area contributed by atoms with E-state index in [9.17, 15) is 4.79 Å². The van der Waals surface area contributed by atoms with Crippen LogP contribution in [0.2, 0.25) is 0 Å². The zero-order valence-corrected chi connectivity index (χ0v) is 8.05. The first kappa shape index (κ1) is 9.77. The highest BCUT2D eigenvalue weighted by Gasteiger charge is 2.28. The normalized spacial score (nSPS) is 11.6. The fourth-order valence-electron chi connectivity index (χ4n) is 1.00. The van der Waals surface area contributed by atoms with E-state index in [0.29, 0.717) is 5.69 Å². The van der Waals surface area contributed by atoms with Crippen LogP contribution in [0.1, 0.15) is 43.2 Å². The summed E-state index contributed by atoms with van der Waals surface area (Å²) < 4.78 is 4.62. The van der Waals surface area contributed by atoms with E-state index in [4.69, 9.17) is 5.73 Å². The molecule has 1 heterocycles. The Balaban J connectivity index is 3.14. The van der Waals surface area contributed by atoms with E-state index >= 15 is 0 Å². The van der Waals surface area contributed by atoms with Crippen LogP contribution in [-0.4, -0.2) is 11.1 Å². The van der Waals surface area contributed by atoms with E-state index in [2.05, 4.69) is 15.9 Å². The summed E-state index contributed by atoms with van der Waals surface area (Å²) >= 11 is 0. The summed E-state index contributed by atoms with van der Waals surface area (Å²) in [5, 5.41) is 3.75. The Morgan fingerprint density at radius 2 is 2.31 bits per heavy atom. The Morgan fingerprint density at radius 3 is 2.77 bits per heavy atom. The summed E-state index contributed by atoms with van der Waals surface area (Å²) in [7, 11) is 0. The average molecular weight is 181 g/mol. The highest BCUT2D eigenvalue weighted by atomic mass is 16.5. The largest absolute Gasteiger partial charge is 0.365 e. The van der Waals surface area contributed by atoms with Gasteiger partial charge in [0.15, 0.2) is 0 Å². The third-order valence-electron chi connectivity index (χ3n) is 2.29. The van der Waals surface area contributed by atoms with E-state index in [1.54, 1.807) is 0 Å². The summed E-state index contributed by atoms with van der Waals surface area (Å²) in [5.74, 6) is -0.544. The number of primary amides is 1. The van der Waals surface area contributed by atoms with Gasteiger partial charge in [0.05, 0.1) is 0 Å². The molecule has 71 valence electrons. The van der Waals surface area contributed by atoms with Gasteiger partial charge in [-0.25, -0.2) is 0 Å². The monoisotopic (exact) mass is 181 g/mol. The standard InChI is InChI=1S/C9H13N2O2/c1-4-9(2,3)7-6(8(10)12)5-13-11-7/h4H2,1-3H3,(H2,10,12). The molecule has 0 aromatic carbocycles. The molecule has 4 heteroatoms. The first-order valence-corrected chi connectivity index (χ1v) is 4.16. The van der Waals surface area contributed by atoms with Crippen LogP contribution in [0.3, 0.4) is 0 Å². The number of rotatable bonds is 3. The molecule has 4 nitrogen and oxygen atoms in total. The lowest BCUT2D eigenvalue weighted by molar-refractivity contribution is 0.0997. The van der Waals surface area contributed by atoms with E-state index < -0.39 is 5.91 Å². The van der Waals surface area contributed by atoms with Gasteiger partial charge in [0.2, 0.25) is 6.26 Å². The molecule has 1 aromatic heterocycles. The van der Waals surface area contributed by atoms with Crippen LogP contribution in [0.25, 0.3) is 0 Å². The molecule has 0 aliphatic carbocycles. The van der Waals surface area contributed by atoms with Crippen LogP contribution in [0.15, 0.2) is 4.52 Å². The molecule has 1 radical (unpaired) electrons. The molecule has 13 heavy (non-hydrogen) atoms. The number of aromatic nitrogens is 1. The molecular formula is C9H13N2O2. The maximum atomic E-state index is 10.9. The molecule has 0 aliphatic rings. The van der Waals surface area contributed by atoms with Gasteiger partial charge in [0.1, 0.15) is 11.3 Å². The lowest BCUT2D eigenvalue weighted by Crippen LogP contribution is -2.22. The Hall–Kier alpha value is -1.32. The minimum Gasteiger partial charge on any atom is -0.365 e. The Morgan fingerprint density at radius 1 is 1.69 bits per heavy atom. The predicted molar refractivity (Wildman–Crippen MR) is 47.2 cm³/mol. The second-order valence-electron chi connectivity index (χ2n) is 3.61. The van der Waals surface area contributed by atoms with E-state index in [0.717, 1.165) is 6.42 Å². The van der Waals surface area contributed by atoms with Gasteiger partial charge in [-0.3, -0.25) is 4.79 Å². The summed E-state index contributed by atoms with van der Waals surface area (Å²) in [5.41, 5.74) is 5.78. The van der Waals surface area contributed by atoms with Gasteiger partial charge in [-0.05, 0) is 6.42 Å². The summed E-state index contributed by atoms with van der Waals surface area (Å²) in [6.45, 7) is 5.97. The van der Waals surface area contributed by atoms with Gasteiger partial charge >= 0.3 is 0 Å². The first-order chi connectivity index (χ1) is 5.99. The quantitative estimate of drug-likeness (QED) is 0.763. The van der Waals surface area contributed by atoms with Crippen molar-refractivity contribution in [2.45, 2.75) is 32.6 Å². The second-order valence-corrected chi connectivity index (χ2v) is 3.61. The number of carbonyl (C=O) groups excluding carboxylic acids is 1. The van der Waals surface area contributed by atoms with Gasteiger partial charge < -0.3 is 10.3 Å². The van der Waals surface area contributed by atoms with Crippen LogP contribution in [-0.2, 0) is 5.41 Å². The number of nitrogens with two attached hydrogens (primary N) is 1. The third-order valence-corrected chi connectivity index (χ3v) is 2.29. The zero-order chi connectivity index (χ0) is 10.1. The van der Waals surface area contributed by atoms with Crippen molar-refractivity contribution in [1.82, 2.24) is 5.16 Å². The van der Waals surface area contributed by atoms with Gasteiger partial charge in [-0.1, -0.05) is 25.9 Å². The van der Waals surface area contributed by atoms with Crippen LogP contribution >= 0.6 is 0 Å². The number of hydrogen-bond acceptors (Lipinski definition) is 3. The van der Waals surface area contributed by atoms with Crippen molar-refractivity contribution in [3.63, 3.8) is 0 Å². The van der Waals surface area contributed by atoms with E-state index in [1.807, 2.05) is 20.8 Å². The minimum absolute atomic E-state index is 0.201. The molecule has 1 amide bonds. The molecule has 0 spiro atoms. The van der Waals surface area contributed by atoms with E-state index in [1.165, 1.54) is 0 Å². The van der Waals surface area contributed by atoms with Crippen LogP contribution in [0, 0.1) is 6.26 Å². The third kappa shape index (κ3) is 1.71. The van der Waals surface area contributed by atoms with Crippen molar-refractivity contribution in [3.05, 3.63) is 17.5 Å². The highest BCUT2D eigenvalue weighted by Crippen LogP contribution is 2.27. The van der Waals surface area contributed by atoms with Crippen molar-refractivity contribution >= 4 is 5.91 Å². The number of hydrogen-bond donors (Lipinski definition) is 1. The number of nitrogens with zero attached hydrogens (tertiary/aromatic N) is 1. The lowest BCUT2D eigenvalue weighted by atomic mass is 9.84. The molecule has 0 saturated heterocycles. The smallest absolute Gasteiger partial charge is 0.254 e. The fraction of sp³-hybridized carbons (Fsp3) is 0.556.